The summed E-state index contributed by atoms with van der Waals surface area (Å²) in [6.07, 6.45) is 5.89. The number of amides is 1. The lowest BCUT2D eigenvalue weighted by atomic mass is 10.0. The number of nitrogens with two attached hydrogens (primary N) is 1. The summed E-state index contributed by atoms with van der Waals surface area (Å²) in [6.45, 7) is 4.67. The normalized spacial score (nSPS) is 18.9. The van der Waals surface area contributed by atoms with Crippen molar-refractivity contribution in [3.05, 3.63) is 12.2 Å². The molecule has 0 aromatic carbocycles. The first-order chi connectivity index (χ1) is 6.65. The molecule has 1 atom stereocenters. The fourth-order valence-corrected chi connectivity index (χ4v) is 1.63. The minimum Gasteiger partial charge on any atom is -0.352 e. The average Bonchev–Trinajstić information content (AvgIpc) is 2.65. The van der Waals surface area contributed by atoms with E-state index >= 15 is 0 Å². The molecule has 3 N–H and O–H groups in total. The Bertz CT molecular complexity index is 215. The molecule has 1 rings (SSSR count). The maximum absolute atomic E-state index is 11.7. The summed E-state index contributed by atoms with van der Waals surface area (Å²) < 4.78 is 0. The highest BCUT2D eigenvalue weighted by atomic mass is 16.1. The van der Waals surface area contributed by atoms with Gasteiger partial charge in [-0.05, 0) is 18.8 Å². The van der Waals surface area contributed by atoms with Crippen LogP contribution < -0.4 is 11.1 Å². The molecule has 0 saturated heterocycles. The second-order valence-corrected chi connectivity index (χ2v) is 4.23. The Kier molecular flexibility index (Phi) is 4.14. The smallest absolute Gasteiger partial charge is 0.224 e. The van der Waals surface area contributed by atoms with Crippen LogP contribution in [0.3, 0.4) is 0 Å². The molecule has 3 nitrogen and oxygen atoms in total. The first kappa shape index (κ1) is 11.2. The van der Waals surface area contributed by atoms with Gasteiger partial charge in [0.25, 0.3) is 0 Å². The Morgan fingerprint density at radius 3 is 2.50 bits per heavy atom. The molecule has 1 aliphatic carbocycles. The number of carbonyl (C=O) groups excluding carboxylic acids is 1. The maximum atomic E-state index is 11.7. The van der Waals surface area contributed by atoms with Crippen molar-refractivity contribution in [2.75, 3.05) is 6.54 Å². The molecule has 0 aromatic heterocycles. The van der Waals surface area contributed by atoms with Crippen molar-refractivity contribution in [1.29, 1.82) is 0 Å². The molecular weight excluding hydrogens is 176 g/mol. The van der Waals surface area contributed by atoms with Crippen LogP contribution in [0.25, 0.3) is 0 Å². The molecule has 80 valence electrons. The zero-order chi connectivity index (χ0) is 10.6. The van der Waals surface area contributed by atoms with Gasteiger partial charge < -0.3 is 11.1 Å². The molecule has 0 heterocycles. The van der Waals surface area contributed by atoms with E-state index in [1.165, 1.54) is 0 Å². The van der Waals surface area contributed by atoms with Crippen molar-refractivity contribution < 1.29 is 4.79 Å². The summed E-state index contributed by atoms with van der Waals surface area (Å²) in [5.41, 5.74) is 5.59. The highest BCUT2D eigenvalue weighted by molar-refractivity contribution is 5.79. The molecular formula is C11H20N2O. The molecule has 0 fully saturated rings. The summed E-state index contributed by atoms with van der Waals surface area (Å²) in [6, 6.07) is 0.114. The van der Waals surface area contributed by atoms with Crippen LogP contribution in [0.4, 0.5) is 0 Å². The summed E-state index contributed by atoms with van der Waals surface area (Å²) in [5.74, 6) is 0.695. The zero-order valence-corrected chi connectivity index (χ0v) is 8.99. The Hall–Kier alpha value is -0.830. The Morgan fingerprint density at radius 2 is 2.07 bits per heavy atom. The van der Waals surface area contributed by atoms with Gasteiger partial charge in [-0.25, -0.2) is 0 Å². The Labute approximate surface area is 85.7 Å². The van der Waals surface area contributed by atoms with E-state index in [9.17, 15) is 4.79 Å². The van der Waals surface area contributed by atoms with Crippen LogP contribution in [-0.4, -0.2) is 18.5 Å². The maximum Gasteiger partial charge on any atom is 0.224 e. The van der Waals surface area contributed by atoms with Crippen molar-refractivity contribution in [3.63, 3.8) is 0 Å². The summed E-state index contributed by atoms with van der Waals surface area (Å²) >= 11 is 0. The van der Waals surface area contributed by atoms with E-state index in [2.05, 4.69) is 31.3 Å². The lowest BCUT2D eigenvalue weighted by Gasteiger charge is -2.22. The molecule has 0 saturated carbocycles. The van der Waals surface area contributed by atoms with Crippen molar-refractivity contribution in [1.82, 2.24) is 5.32 Å². The first-order valence-electron chi connectivity index (χ1n) is 5.30. The summed E-state index contributed by atoms with van der Waals surface area (Å²) in [5, 5.41) is 3.00. The van der Waals surface area contributed by atoms with Crippen LogP contribution in [0.5, 0.6) is 0 Å². The lowest BCUT2D eigenvalue weighted by molar-refractivity contribution is -0.125. The van der Waals surface area contributed by atoms with Gasteiger partial charge in [0.2, 0.25) is 5.91 Å². The molecule has 0 aliphatic heterocycles. The monoisotopic (exact) mass is 196 g/mol. The third-order valence-corrected chi connectivity index (χ3v) is 2.76. The number of carbonyl (C=O) groups is 1. The number of hydrogen-bond acceptors (Lipinski definition) is 2. The SMILES string of the molecule is CC(C)C(CN)NC(=O)C1CC=CC1. The molecule has 1 unspecified atom stereocenters. The minimum atomic E-state index is 0.114. The van der Waals surface area contributed by atoms with Crippen molar-refractivity contribution >= 4 is 5.91 Å². The van der Waals surface area contributed by atoms with Crippen molar-refractivity contribution in [3.8, 4) is 0 Å². The second-order valence-electron chi connectivity index (χ2n) is 4.23. The van der Waals surface area contributed by atoms with Gasteiger partial charge in [0.05, 0.1) is 0 Å². The van der Waals surface area contributed by atoms with Crippen LogP contribution in [0, 0.1) is 11.8 Å². The van der Waals surface area contributed by atoms with E-state index in [0.717, 1.165) is 12.8 Å². The lowest BCUT2D eigenvalue weighted by Crippen LogP contribution is -2.45. The average molecular weight is 196 g/mol. The summed E-state index contributed by atoms with van der Waals surface area (Å²) in [4.78, 5) is 11.7. The topological polar surface area (TPSA) is 55.1 Å². The number of allylic oxidation sites excluding steroid dienone is 2. The molecule has 14 heavy (non-hydrogen) atoms. The Balaban J connectivity index is 2.38. The molecule has 3 heteroatoms. The molecule has 1 amide bonds. The van der Waals surface area contributed by atoms with E-state index in [-0.39, 0.29) is 17.9 Å². The fourth-order valence-electron chi connectivity index (χ4n) is 1.63. The molecule has 0 radical (unpaired) electrons. The van der Waals surface area contributed by atoms with Crippen LogP contribution in [0.1, 0.15) is 26.7 Å². The van der Waals surface area contributed by atoms with Crippen LogP contribution in [0.2, 0.25) is 0 Å². The van der Waals surface area contributed by atoms with E-state index < -0.39 is 0 Å². The molecule has 0 spiro atoms. The van der Waals surface area contributed by atoms with Gasteiger partial charge >= 0.3 is 0 Å². The van der Waals surface area contributed by atoms with Gasteiger partial charge in [-0.2, -0.15) is 0 Å². The fraction of sp³-hybridized carbons (Fsp3) is 0.727. The standard InChI is InChI=1S/C11H20N2O/c1-8(2)10(7-12)13-11(14)9-5-3-4-6-9/h3-4,8-10H,5-7,12H2,1-2H3,(H,13,14). The van der Waals surface area contributed by atoms with E-state index in [1.807, 2.05) is 0 Å². The third kappa shape index (κ3) is 2.84. The minimum absolute atomic E-state index is 0.114. The first-order valence-corrected chi connectivity index (χ1v) is 5.30. The predicted molar refractivity (Wildman–Crippen MR) is 57.7 cm³/mol. The number of rotatable bonds is 4. The highest BCUT2D eigenvalue weighted by Crippen LogP contribution is 2.18. The van der Waals surface area contributed by atoms with Gasteiger partial charge in [-0.1, -0.05) is 26.0 Å². The van der Waals surface area contributed by atoms with Gasteiger partial charge in [-0.15, -0.1) is 0 Å². The van der Waals surface area contributed by atoms with E-state index in [1.54, 1.807) is 0 Å². The zero-order valence-electron chi connectivity index (χ0n) is 8.99. The molecule has 0 bridgehead atoms. The molecule has 0 aromatic rings. The van der Waals surface area contributed by atoms with Crippen LogP contribution in [0.15, 0.2) is 12.2 Å². The van der Waals surface area contributed by atoms with E-state index in [0.29, 0.717) is 12.5 Å². The quantitative estimate of drug-likeness (QED) is 0.660. The number of nitrogens with one attached hydrogen (secondary N) is 1. The number of hydrogen-bond donors (Lipinski definition) is 2. The predicted octanol–water partition coefficient (Wildman–Crippen LogP) is 1.05. The van der Waals surface area contributed by atoms with Crippen molar-refractivity contribution in [2.45, 2.75) is 32.7 Å². The highest BCUT2D eigenvalue weighted by Gasteiger charge is 2.22. The Morgan fingerprint density at radius 1 is 1.50 bits per heavy atom. The van der Waals surface area contributed by atoms with Gasteiger partial charge in [0, 0.05) is 18.5 Å². The summed E-state index contributed by atoms with van der Waals surface area (Å²) in [7, 11) is 0. The van der Waals surface area contributed by atoms with E-state index in [4.69, 9.17) is 5.73 Å². The third-order valence-electron chi connectivity index (χ3n) is 2.76. The molecule has 1 aliphatic rings. The van der Waals surface area contributed by atoms with Crippen molar-refractivity contribution in [2.24, 2.45) is 17.6 Å². The van der Waals surface area contributed by atoms with Gasteiger partial charge in [0.1, 0.15) is 0 Å². The van der Waals surface area contributed by atoms with Gasteiger partial charge in [0.15, 0.2) is 0 Å². The largest absolute Gasteiger partial charge is 0.352 e. The van der Waals surface area contributed by atoms with Crippen LogP contribution >= 0.6 is 0 Å². The second kappa shape index (κ2) is 5.15. The van der Waals surface area contributed by atoms with Gasteiger partial charge in [-0.3, -0.25) is 4.79 Å². The van der Waals surface area contributed by atoms with Crippen LogP contribution in [-0.2, 0) is 4.79 Å².